The van der Waals surface area contributed by atoms with E-state index in [1.807, 2.05) is 0 Å². The van der Waals surface area contributed by atoms with Gasteiger partial charge in [-0.05, 0) is 42.0 Å². The number of ether oxygens (including phenoxy) is 2. The fraction of sp³-hybridized carbons (Fsp3) is 0.176. The fourth-order valence-corrected chi connectivity index (χ4v) is 2.52. The lowest BCUT2D eigenvalue weighted by Gasteiger charge is -2.20. The predicted molar refractivity (Wildman–Crippen MR) is 83.8 cm³/mol. The summed E-state index contributed by atoms with van der Waals surface area (Å²) in [4.78, 5) is 23.4. The highest BCUT2D eigenvalue weighted by Gasteiger charge is 2.20. The average molecular weight is 347 g/mol. The summed E-state index contributed by atoms with van der Waals surface area (Å²) in [5, 5.41) is 14.2. The van der Waals surface area contributed by atoms with Crippen LogP contribution in [0.4, 0.5) is 0 Å². The van der Waals surface area contributed by atoms with Gasteiger partial charge in [-0.2, -0.15) is 0 Å². The Balaban J connectivity index is 1.82. The first kappa shape index (κ1) is 16.1. The minimum absolute atomic E-state index is 0.112. The summed E-state index contributed by atoms with van der Waals surface area (Å²) in [6.45, 7) is 0.112. The molecule has 0 unspecified atom stereocenters. The lowest BCUT2D eigenvalue weighted by molar-refractivity contribution is -0.306. The summed E-state index contributed by atoms with van der Waals surface area (Å²) in [6.07, 6.45) is -0.362. The molecule has 7 heteroatoms. The van der Waals surface area contributed by atoms with Crippen molar-refractivity contribution < 1.29 is 24.2 Å². The molecule has 6 nitrogen and oxygen atoms in total. The topological polar surface area (TPSA) is 87.7 Å². The molecule has 0 fully saturated rings. The van der Waals surface area contributed by atoms with Gasteiger partial charge in [-0.3, -0.25) is 4.79 Å². The minimum Gasteiger partial charge on any atom is -0.550 e. The van der Waals surface area contributed by atoms with Gasteiger partial charge < -0.3 is 24.7 Å². The van der Waals surface area contributed by atoms with Gasteiger partial charge in [-0.25, -0.2) is 0 Å². The van der Waals surface area contributed by atoms with E-state index in [9.17, 15) is 14.7 Å². The molecule has 0 aromatic heterocycles. The van der Waals surface area contributed by atoms with E-state index in [1.165, 1.54) is 0 Å². The maximum atomic E-state index is 12.3. The van der Waals surface area contributed by atoms with Crippen LogP contribution in [0.25, 0.3) is 0 Å². The summed E-state index contributed by atoms with van der Waals surface area (Å²) >= 11 is 5.80. The Morgan fingerprint density at radius 2 is 1.83 bits per heavy atom. The maximum absolute atomic E-state index is 12.3. The molecule has 0 spiro atoms. The number of carbonyl (C=O) groups excluding carboxylic acids is 2. The van der Waals surface area contributed by atoms with Gasteiger partial charge in [0, 0.05) is 23.0 Å². The average Bonchev–Trinajstić information content (AvgIpc) is 3.02. The maximum Gasteiger partial charge on any atom is 0.251 e. The largest absolute Gasteiger partial charge is 0.550 e. The number of hydrogen-bond donors (Lipinski definition) is 1. The second-order valence-corrected chi connectivity index (χ2v) is 5.66. The van der Waals surface area contributed by atoms with Crippen molar-refractivity contribution in [3.05, 3.63) is 58.6 Å². The van der Waals surface area contributed by atoms with Crippen LogP contribution in [0.1, 0.15) is 28.4 Å². The van der Waals surface area contributed by atoms with Crippen LogP contribution < -0.4 is 19.9 Å². The summed E-state index contributed by atoms with van der Waals surface area (Å²) in [7, 11) is 0. The lowest BCUT2D eigenvalue weighted by Crippen LogP contribution is -2.34. The summed E-state index contributed by atoms with van der Waals surface area (Å²) in [5.74, 6) is -0.587. The standard InChI is InChI=1S/C17H14ClNO5/c18-12-4-1-10(2-5-12)17(22)19-13(8-16(20)21)11-3-6-14-15(7-11)24-9-23-14/h1-7,13H,8-9H2,(H,19,22)(H,20,21)/p-1/t13-/m0/s1. The summed E-state index contributed by atoms with van der Waals surface area (Å²) in [5.41, 5.74) is 0.967. The van der Waals surface area contributed by atoms with Gasteiger partial charge >= 0.3 is 0 Å². The highest BCUT2D eigenvalue weighted by Crippen LogP contribution is 2.34. The number of aliphatic carboxylic acids is 1. The molecule has 1 aliphatic heterocycles. The third kappa shape index (κ3) is 3.60. The molecular formula is C17H13ClNO5-. The van der Waals surface area contributed by atoms with Crippen LogP contribution in [0.2, 0.25) is 5.02 Å². The van der Waals surface area contributed by atoms with Gasteiger partial charge in [0.1, 0.15) is 0 Å². The molecule has 1 N–H and O–H groups in total. The molecular weight excluding hydrogens is 334 g/mol. The van der Waals surface area contributed by atoms with E-state index in [0.29, 0.717) is 27.6 Å². The van der Waals surface area contributed by atoms with E-state index in [1.54, 1.807) is 42.5 Å². The Morgan fingerprint density at radius 1 is 1.12 bits per heavy atom. The zero-order valence-electron chi connectivity index (χ0n) is 12.5. The van der Waals surface area contributed by atoms with Gasteiger partial charge in [-0.15, -0.1) is 0 Å². The van der Waals surface area contributed by atoms with Gasteiger partial charge in [0.15, 0.2) is 11.5 Å². The van der Waals surface area contributed by atoms with Crippen molar-refractivity contribution in [3.63, 3.8) is 0 Å². The van der Waals surface area contributed by atoms with E-state index in [-0.39, 0.29) is 13.2 Å². The number of halogens is 1. The van der Waals surface area contributed by atoms with Crippen molar-refractivity contribution >= 4 is 23.5 Å². The number of rotatable bonds is 5. The van der Waals surface area contributed by atoms with Gasteiger partial charge in [0.05, 0.1) is 6.04 Å². The van der Waals surface area contributed by atoms with Crippen molar-refractivity contribution in [1.82, 2.24) is 5.32 Å². The second kappa shape index (κ2) is 6.80. The highest BCUT2D eigenvalue weighted by atomic mass is 35.5. The first-order chi connectivity index (χ1) is 11.5. The molecule has 1 heterocycles. The van der Waals surface area contributed by atoms with Crippen molar-refractivity contribution in [3.8, 4) is 11.5 Å². The number of benzene rings is 2. The molecule has 3 rings (SSSR count). The Bertz CT molecular complexity index is 775. The number of carboxylic acid groups (broad SMARTS) is 1. The Hall–Kier alpha value is -2.73. The molecule has 0 saturated carbocycles. The van der Waals surface area contributed by atoms with Crippen LogP contribution in [0.5, 0.6) is 11.5 Å². The van der Waals surface area contributed by atoms with Crippen LogP contribution in [0, 0.1) is 0 Å². The quantitative estimate of drug-likeness (QED) is 0.890. The van der Waals surface area contributed by atoms with E-state index < -0.39 is 17.9 Å². The lowest BCUT2D eigenvalue weighted by atomic mass is 10.0. The summed E-state index contributed by atoms with van der Waals surface area (Å²) in [6, 6.07) is 10.6. The SMILES string of the molecule is O=C([O-])C[C@H](NC(=O)c1ccc(Cl)cc1)c1ccc2c(c1)OCO2. The predicted octanol–water partition coefficient (Wildman–Crippen LogP) is 1.68. The number of fused-ring (bicyclic) bond motifs is 1. The first-order valence-electron chi connectivity index (χ1n) is 7.19. The van der Waals surface area contributed by atoms with Gasteiger partial charge in [0.25, 0.3) is 5.91 Å². The number of nitrogens with one attached hydrogen (secondary N) is 1. The monoisotopic (exact) mass is 346 g/mol. The molecule has 1 aliphatic rings. The van der Waals surface area contributed by atoms with E-state index in [2.05, 4.69) is 5.32 Å². The number of carboxylic acids is 1. The second-order valence-electron chi connectivity index (χ2n) is 5.22. The van der Waals surface area contributed by atoms with E-state index in [0.717, 1.165) is 0 Å². The molecule has 124 valence electrons. The van der Waals surface area contributed by atoms with Gasteiger partial charge in [0.2, 0.25) is 6.79 Å². The Morgan fingerprint density at radius 3 is 2.54 bits per heavy atom. The molecule has 0 radical (unpaired) electrons. The smallest absolute Gasteiger partial charge is 0.251 e. The number of hydrogen-bond acceptors (Lipinski definition) is 5. The Labute approximate surface area is 143 Å². The van der Waals surface area contributed by atoms with Gasteiger partial charge in [-0.1, -0.05) is 17.7 Å². The van der Waals surface area contributed by atoms with Crippen LogP contribution in [-0.2, 0) is 4.79 Å². The number of carbonyl (C=O) groups is 2. The molecule has 1 amide bonds. The third-order valence-corrected chi connectivity index (χ3v) is 3.83. The zero-order valence-corrected chi connectivity index (χ0v) is 13.2. The molecule has 1 atom stereocenters. The molecule has 2 aromatic carbocycles. The first-order valence-corrected chi connectivity index (χ1v) is 7.56. The van der Waals surface area contributed by atoms with Crippen molar-refractivity contribution in [2.45, 2.75) is 12.5 Å². The van der Waals surface area contributed by atoms with Crippen molar-refractivity contribution in [1.29, 1.82) is 0 Å². The molecule has 0 saturated heterocycles. The minimum atomic E-state index is -1.27. The van der Waals surface area contributed by atoms with E-state index in [4.69, 9.17) is 21.1 Å². The highest BCUT2D eigenvalue weighted by molar-refractivity contribution is 6.30. The molecule has 0 aliphatic carbocycles. The molecule has 0 bridgehead atoms. The summed E-state index contributed by atoms with van der Waals surface area (Å²) < 4.78 is 10.5. The van der Waals surface area contributed by atoms with Crippen LogP contribution in [-0.4, -0.2) is 18.7 Å². The Kier molecular flexibility index (Phi) is 4.57. The van der Waals surface area contributed by atoms with Crippen LogP contribution in [0.15, 0.2) is 42.5 Å². The van der Waals surface area contributed by atoms with Crippen molar-refractivity contribution in [2.75, 3.05) is 6.79 Å². The third-order valence-electron chi connectivity index (χ3n) is 3.58. The van der Waals surface area contributed by atoms with Crippen LogP contribution in [0.3, 0.4) is 0 Å². The fourth-order valence-electron chi connectivity index (χ4n) is 2.39. The van der Waals surface area contributed by atoms with Crippen molar-refractivity contribution in [2.24, 2.45) is 0 Å². The van der Waals surface area contributed by atoms with Crippen LogP contribution >= 0.6 is 11.6 Å². The van der Waals surface area contributed by atoms with E-state index >= 15 is 0 Å². The molecule has 24 heavy (non-hydrogen) atoms. The number of amides is 1. The normalized spacial score (nSPS) is 13.4. The molecule has 2 aromatic rings. The zero-order chi connectivity index (χ0) is 17.1.